The highest BCUT2D eigenvalue weighted by Gasteiger charge is 2.21. The van der Waals surface area contributed by atoms with Crippen molar-refractivity contribution in [1.29, 1.82) is 0 Å². The maximum Gasteiger partial charge on any atom is 0.242 e. The van der Waals surface area contributed by atoms with E-state index in [1.54, 1.807) is 19.9 Å². The molecule has 0 aliphatic heterocycles. The van der Waals surface area contributed by atoms with Crippen LogP contribution in [0.2, 0.25) is 0 Å². The lowest BCUT2D eigenvalue weighted by atomic mass is 10.4. The maximum absolute atomic E-state index is 12.1. The summed E-state index contributed by atoms with van der Waals surface area (Å²) in [5.41, 5.74) is 0. The third-order valence-electron chi connectivity index (χ3n) is 2.06. The number of ether oxygens (including phenoxy) is 1. The lowest BCUT2D eigenvalue weighted by Gasteiger charge is -2.13. The van der Waals surface area contributed by atoms with Gasteiger partial charge in [0.1, 0.15) is 0 Å². The largest absolute Gasteiger partial charge is 0.380 e. The number of aryl methyl sites for hydroxylation is 1. The Morgan fingerprint density at radius 1 is 1.59 bits per heavy atom. The average Bonchev–Trinajstić information content (AvgIpc) is 2.55. The molecule has 4 nitrogen and oxygen atoms in total. The van der Waals surface area contributed by atoms with Crippen LogP contribution in [0, 0.1) is 6.92 Å². The Morgan fingerprint density at radius 2 is 2.24 bits per heavy atom. The zero-order valence-electron chi connectivity index (χ0n) is 9.99. The number of hydrogen-bond donors (Lipinski definition) is 1. The molecule has 0 aliphatic carbocycles. The first-order valence-electron chi connectivity index (χ1n) is 5.22. The van der Waals surface area contributed by atoms with Gasteiger partial charge in [-0.2, -0.15) is 0 Å². The molecule has 98 valence electrons. The summed E-state index contributed by atoms with van der Waals surface area (Å²) < 4.78 is 32.7. The van der Waals surface area contributed by atoms with E-state index in [2.05, 4.69) is 20.7 Å². The highest BCUT2D eigenvalue weighted by atomic mass is 79.9. The lowest BCUT2D eigenvalue weighted by molar-refractivity contribution is 0.133. The van der Waals surface area contributed by atoms with E-state index >= 15 is 0 Å². The number of nitrogens with one attached hydrogen (secondary N) is 1. The van der Waals surface area contributed by atoms with Gasteiger partial charge in [-0.15, -0.1) is 11.3 Å². The summed E-state index contributed by atoms with van der Waals surface area (Å²) in [6, 6.07) is 1.38. The molecule has 0 aliphatic rings. The number of rotatable bonds is 6. The average molecular weight is 342 g/mol. The maximum atomic E-state index is 12.1. The van der Waals surface area contributed by atoms with Crippen molar-refractivity contribution in [2.24, 2.45) is 0 Å². The number of halogens is 1. The van der Waals surface area contributed by atoms with Gasteiger partial charge in [0.25, 0.3) is 0 Å². The first kappa shape index (κ1) is 15.1. The summed E-state index contributed by atoms with van der Waals surface area (Å²) >= 11 is 4.69. The molecule has 0 radical (unpaired) electrons. The van der Waals surface area contributed by atoms with Crippen LogP contribution in [-0.2, 0) is 14.8 Å². The van der Waals surface area contributed by atoms with E-state index in [0.29, 0.717) is 18.1 Å². The van der Waals surface area contributed by atoms with E-state index in [1.807, 2.05) is 6.92 Å². The van der Waals surface area contributed by atoms with Crippen molar-refractivity contribution in [2.75, 3.05) is 13.2 Å². The second-order valence-electron chi connectivity index (χ2n) is 3.65. The summed E-state index contributed by atoms with van der Waals surface area (Å²) in [5, 5.41) is 0. The third kappa shape index (κ3) is 4.33. The van der Waals surface area contributed by atoms with Crippen molar-refractivity contribution in [2.45, 2.75) is 31.7 Å². The summed E-state index contributed by atoms with van der Waals surface area (Å²) in [4.78, 5) is 1.10. The molecule has 0 amide bonds. The smallest absolute Gasteiger partial charge is 0.242 e. The molecule has 0 bridgehead atoms. The molecular weight excluding hydrogens is 326 g/mol. The summed E-state index contributed by atoms with van der Waals surface area (Å²) in [6.07, 6.45) is 0. The zero-order chi connectivity index (χ0) is 13.1. The van der Waals surface area contributed by atoms with Crippen LogP contribution in [0.4, 0.5) is 0 Å². The van der Waals surface area contributed by atoms with Gasteiger partial charge in [-0.25, -0.2) is 13.1 Å². The van der Waals surface area contributed by atoms with Crippen molar-refractivity contribution < 1.29 is 13.2 Å². The highest BCUT2D eigenvalue weighted by Crippen LogP contribution is 2.29. The predicted octanol–water partition coefficient (Wildman–Crippen LogP) is 2.52. The van der Waals surface area contributed by atoms with Crippen molar-refractivity contribution in [3.05, 3.63) is 14.7 Å². The van der Waals surface area contributed by atoms with E-state index < -0.39 is 10.0 Å². The van der Waals surface area contributed by atoms with Crippen molar-refractivity contribution in [1.82, 2.24) is 4.72 Å². The Labute approximate surface area is 115 Å². The van der Waals surface area contributed by atoms with Crippen LogP contribution in [0.3, 0.4) is 0 Å². The van der Waals surface area contributed by atoms with Crippen LogP contribution in [0.1, 0.15) is 18.7 Å². The fourth-order valence-corrected chi connectivity index (χ4v) is 5.00. The molecule has 1 N–H and O–H groups in total. The normalized spacial score (nSPS) is 13.9. The minimum absolute atomic E-state index is 0.238. The molecule has 0 saturated carbocycles. The molecule has 7 heteroatoms. The Morgan fingerprint density at radius 3 is 2.71 bits per heavy atom. The summed E-state index contributed by atoms with van der Waals surface area (Å²) in [6.45, 7) is 6.40. The fourth-order valence-electron chi connectivity index (χ4n) is 1.35. The predicted molar refractivity (Wildman–Crippen MR) is 73.0 cm³/mol. The molecule has 17 heavy (non-hydrogen) atoms. The number of thiophene rings is 1. The van der Waals surface area contributed by atoms with Crippen LogP contribution in [0.25, 0.3) is 0 Å². The molecule has 1 heterocycles. The summed E-state index contributed by atoms with van der Waals surface area (Å²) in [7, 11) is -3.45. The van der Waals surface area contributed by atoms with Gasteiger partial charge < -0.3 is 4.74 Å². The Kier molecular flexibility index (Phi) is 5.59. The van der Waals surface area contributed by atoms with Gasteiger partial charge in [0.2, 0.25) is 10.0 Å². The molecule has 0 saturated heterocycles. The number of hydrogen-bond acceptors (Lipinski definition) is 4. The van der Waals surface area contributed by atoms with E-state index in [9.17, 15) is 8.42 Å². The van der Waals surface area contributed by atoms with E-state index in [-0.39, 0.29) is 6.04 Å². The molecule has 1 rings (SSSR count). The van der Waals surface area contributed by atoms with Crippen LogP contribution in [0.5, 0.6) is 0 Å². The molecule has 1 unspecified atom stereocenters. The molecule has 1 atom stereocenters. The van der Waals surface area contributed by atoms with Gasteiger partial charge in [0.05, 0.1) is 15.3 Å². The third-order valence-corrected chi connectivity index (χ3v) is 5.46. The lowest BCUT2D eigenvalue weighted by Crippen LogP contribution is -2.35. The molecule has 0 fully saturated rings. The van der Waals surface area contributed by atoms with Crippen LogP contribution in [-0.4, -0.2) is 27.7 Å². The van der Waals surface area contributed by atoms with Crippen LogP contribution in [0.15, 0.2) is 14.7 Å². The van der Waals surface area contributed by atoms with E-state index in [0.717, 1.165) is 8.66 Å². The minimum Gasteiger partial charge on any atom is -0.380 e. The van der Waals surface area contributed by atoms with Crippen molar-refractivity contribution in [3.8, 4) is 0 Å². The summed E-state index contributed by atoms with van der Waals surface area (Å²) in [5.74, 6) is 0. The second-order valence-corrected chi connectivity index (χ2v) is 7.97. The Bertz CT molecular complexity index is 470. The van der Waals surface area contributed by atoms with Gasteiger partial charge in [-0.05, 0) is 42.8 Å². The molecular formula is C10H16BrNO3S2. The molecule has 1 aromatic rings. The van der Waals surface area contributed by atoms with Crippen LogP contribution < -0.4 is 4.72 Å². The highest BCUT2D eigenvalue weighted by molar-refractivity contribution is 9.11. The second kappa shape index (κ2) is 6.29. The van der Waals surface area contributed by atoms with Crippen LogP contribution >= 0.6 is 27.3 Å². The first-order valence-corrected chi connectivity index (χ1v) is 8.32. The van der Waals surface area contributed by atoms with E-state index in [4.69, 9.17) is 4.74 Å². The standard InChI is InChI=1S/C10H16BrNO3S2/c1-4-15-6-7(2)12-17(13,14)9-5-10(11)16-8(9)3/h5,7,12H,4,6H2,1-3H3. The number of sulfonamides is 1. The van der Waals surface area contributed by atoms with Gasteiger partial charge in [0.15, 0.2) is 0 Å². The Hall–Kier alpha value is 0.0500. The van der Waals surface area contributed by atoms with Gasteiger partial charge in [-0.3, -0.25) is 0 Å². The molecule has 1 aromatic heterocycles. The van der Waals surface area contributed by atoms with Gasteiger partial charge in [-0.1, -0.05) is 0 Å². The van der Waals surface area contributed by atoms with Gasteiger partial charge >= 0.3 is 0 Å². The minimum atomic E-state index is -3.45. The monoisotopic (exact) mass is 341 g/mol. The van der Waals surface area contributed by atoms with Crippen molar-refractivity contribution >= 4 is 37.3 Å². The quantitative estimate of drug-likeness (QED) is 0.864. The molecule has 0 aromatic carbocycles. The zero-order valence-corrected chi connectivity index (χ0v) is 13.2. The fraction of sp³-hybridized carbons (Fsp3) is 0.600. The first-order chi connectivity index (χ1) is 7.86. The van der Waals surface area contributed by atoms with Crippen molar-refractivity contribution in [3.63, 3.8) is 0 Å². The van der Waals surface area contributed by atoms with Gasteiger partial charge in [0, 0.05) is 17.5 Å². The molecule has 0 spiro atoms. The SMILES string of the molecule is CCOCC(C)NS(=O)(=O)c1cc(Br)sc1C. The van der Waals surface area contributed by atoms with E-state index in [1.165, 1.54) is 11.3 Å². The topological polar surface area (TPSA) is 55.4 Å². The Balaban J connectivity index is 2.79.